The van der Waals surface area contributed by atoms with Crippen LogP contribution in [0, 0.1) is 5.92 Å². The molecule has 0 amide bonds. The van der Waals surface area contributed by atoms with Gasteiger partial charge in [0.2, 0.25) is 0 Å². The Labute approximate surface area is 126 Å². The first-order valence-electron chi connectivity index (χ1n) is 6.12. The van der Waals surface area contributed by atoms with E-state index in [1.165, 1.54) is 0 Å². The monoisotopic (exact) mass is 342 g/mol. The molecule has 19 heavy (non-hydrogen) atoms. The molecule has 1 heterocycles. The SMILES string of the molecule is CC(C)Cn1ncnc1CNc1cc(Br)ccc1Cl. The van der Waals surface area contributed by atoms with Crippen LogP contribution in [0.3, 0.4) is 0 Å². The second-order valence-corrected chi connectivity index (χ2v) is 6.05. The molecule has 0 atom stereocenters. The Hall–Kier alpha value is -1.07. The van der Waals surface area contributed by atoms with Crippen LogP contribution in [0.25, 0.3) is 0 Å². The van der Waals surface area contributed by atoms with Crippen molar-refractivity contribution in [2.24, 2.45) is 5.92 Å². The maximum absolute atomic E-state index is 6.13. The molecule has 0 unspecified atom stereocenters. The zero-order chi connectivity index (χ0) is 13.8. The molecule has 2 aromatic rings. The highest BCUT2D eigenvalue weighted by Gasteiger charge is 2.07. The van der Waals surface area contributed by atoms with E-state index < -0.39 is 0 Å². The summed E-state index contributed by atoms with van der Waals surface area (Å²) in [6.07, 6.45) is 1.59. The molecule has 4 nitrogen and oxygen atoms in total. The average Bonchev–Trinajstić information content (AvgIpc) is 2.77. The molecule has 2 rings (SSSR count). The topological polar surface area (TPSA) is 42.7 Å². The minimum atomic E-state index is 0.537. The summed E-state index contributed by atoms with van der Waals surface area (Å²) < 4.78 is 2.91. The highest BCUT2D eigenvalue weighted by molar-refractivity contribution is 9.10. The van der Waals surface area contributed by atoms with Crippen LogP contribution in [0.2, 0.25) is 5.02 Å². The van der Waals surface area contributed by atoms with Crippen molar-refractivity contribution in [3.63, 3.8) is 0 Å². The number of anilines is 1. The third kappa shape index (κ3) is 3.94. The van der Waals surface area contributed by atoms with Gasteiger partial charge in [0.15, 0.2) is 0 Å². The lowest BCUT2D eigenvalue weighted by Gasteiger charge is -2.11. The zero-order valence-corrected chi connectivity index (χ0v) is 13.2. The zero-order valence-electron chi connectivity index (χ0n) is 10.9. The Bertz CT molecular complexity index is 553. The molecular formula is C13H16BrClN4. The molecule has 0 bridgehead atoms. The van der Waals surface area contributed by atoms with Gasteiger partial charge in [-0.3, -0.25) is 0 Å². The van der Waals surface area contributed by atoms with Gasteiger partial charge in [-0.25, -0.2) is 9.67 Å². The molecule has 1 N–H and O–H groups in total. The molecule has 0 spiro atoms. The van der Waals surface area contributed by atoms with Crippen LogP contribution in [0.4, 0.5) is 5.69 Å². The standard InChI is InChI=1S/C13H16BrClN4/c1-9(2)7-19-13(17-8-18-19)6-16-12-5-10(14)3-4-11(12)15/h3-5,8-9,16H,6-7H2,1-2H3. The van der Waals surface area contributed by atoms with Crippen molar-refractivity contribution in [1.29, 1.82) is 0 Å². The maximum Gasteiger partial charge on any atom is 0.146 e. The Morgan fingerprint density at radius 1 is 1.42 bits per heavy atom. The Morgan fingerprint density at radius 2 is 2.21 bits per heavy atom. The molecule has 102 valence electrons. The first-order chi connectivity index (χ1) is 9.06. The number of hydrogen-bond donors (Lipinski definition) is 1. The molecule has 0 aliphatic rings. The molecule has 0 aliphatic heterocycles. The van der Waals surface area contributed by atoms with Crippen molar-refractivity contribution < 1.29 is 0 Å². The summed E-state index contributed by atoms with van der Waals surface area (Å²) in [5.41, 5.74) is 0.884. The van der Waals surface area contributed by atoms with E-state index in [0.29, 0.717) is 17.5 Å². The molecule has 0 saturated carbocycles. The van der Waals surface area contributed by atoms with E-state index in [1.54, 1.807) is 6.33 Å². The van der Waals surface area contributed by atoms with Gasteiger partial charge in [0.05, 0.1) is 17.3 Å². The van der Waals surface area contributed by atoms with Gasteiger partial charge >= 0.3 is 0 Å². The molecular weight excluding hydrogens is 328 g/mol. The molecule has 6 heteroatoms. The van der Waals surface area contributed by atoms with Crippen LogP contribution in [-0.4, -0.2) is 14.8 Å². The van der Waals surface area contributed by atoms with Gasteiger partial charge < -0.3 is 5.32 Å². The molecule has 0 fully saturated rings. The number of hydrogen-bond acceptors (Lipinski definition) is 3. The van der Waals surface area contributed by atoms with Gasteiger partial charge in [-0.2, -0.15) is 5.10 Å². The van der Waals surface area contributed by atoms with Crippen molar-refractivity contribution in [1.82, 2.24) is 14.8 Å². The van der Waals surface area contributed by atoms with E-state index in [1.807, 2.05) is 22.9 Å². The fourth-order valence-corrected chi connectivity index (χ4v) is 2.28. The van der Waals surface area contributed by atoms with E-state index in [9.17, 15) is 0 Å². The summed E-state index contributed by atoms with van der Waals surface area (Å²) in [5.74, 6) is 1.44. The average molecular weight is 344 g/mol. The lowest BCUT2D eigenvalue weighted by Crippen LogP contribution is -2.13. The van der Waals surface area contributed by atoms with Gasteiger partial charge in [-0.05, 0) is 24.1 Å². The van der Waals surface area contributed by atoms with E-state index in [0.717, 1.165) is 22.5 Å². The summed E-state index contributed by atoms with van der Waals surface area (Å²) in [7, 11) is 0. The van der Waals surface area contributed by atoms with Gasteiger partial charge in [0.1, 0.15) is 12.2 Å². The van der Waals surface area contributed by atoms with Crippen molar-refractivity contribution in [3.8, 4) is 0 Å². The fraction of sp³-hybridized carbons (Fsp3) is 0.385. The number of aromatic nitrogens is 3. The van der Waals surface area contributed by atoms with Crippen molar-refractivity contribution in [2.45, 2.75) is 26.9 Å². The Kier molecular flexibility index (Phi) is 4.82. The van der Waals surface area contributed by atoms with E-state index >= 15 is 0 Å². The maximum atomic E-state index is 6.13. The number of nitrogens with zero attached hydrogens (tertiary/aromatic N) is 3. The largest absolute Gasteiger partial charge is 0.377 e. The number of benzene rings is 1. The van der Waals surface area contributed by atoms with E-state index in [-0.39, 0.29) is 0 Å². The number of nitrogens with one attached hydrogen (secondary N) is 1. The lowest BCUT2D eigenvalue weighted by atomic mass is 10.2. The highest BCUT2D eigenvalue weighted by atomic mass is 79.9. The van der Waals surface area contributed by atoms with Gasteiger partial charge in [0.25, 0.3) is 0 Å². The van der Waals surface area contributed by atoms with Crippen LogP contribution < -0.4 is 5.32 Å². The lowest BCUT2D eigenvalue weighted by molar-refractivity contribution is 0.468. The van der Waals surface area contributed by atoms with Crippen LogP contribution in [0.5, 0.6) is 0 Å². The summed E-state index contributed by atoms with van der Waals surface area (Å²) >= 11 is 9.56. The first-order valence-corrected chi connectivity index (χ1v) is 7.29. The summed E-state index contributed by atoms with van der Waals surface area (Å²) in [4.78, 5) is 4.27. The summed E-state index contributed by atoms with van der Waals surface area (Å²) in [6, 6.07) is 5.72. The van der Waals surface area contributed by atoms with Crippen LogP contribution in [0.15, 0.2) is 29.0 Å². The number of halogens is 2. The summed E-state index contributed by atoms with van der Waals surface area (Å²) in [6.45, 7) is 5.78. The van der Waals surface area contributed by atoms with Crippen molar-refractivity contribution in [2.75, 3.05) is 5.32 Å². The van der Waals surface area contributed by atoms with E-state index in [4.69, 9.17) is 11.6 Å². The normalized spacial score (nSPS) is 11.0. The second kappa shape index (κ2) is 6.39. The number of rotatable bonds is 5. The quantitative estimate of drug-likeness (QED) is 0.893. The van der Waals surface area contributed by atoms with Crippen LogP contribution in [-0.2, 0) is 13.1 Å². The van der Waals surface area contributed by atoms with Gasteiger partial charge in [-0.1, -0.05) is 41.4 Å². The first kappa shape index (κ1) is 14.3. The smallest absolute Gasteiger partial charge is 0.146 e. The predicted octanol–water partition coefficient (Wildman–Crippen LogP) is 3.96. The molecule has 0 saturated heterocycles. The van der Waals surface area contributed by atoms with Crippen molar-refractivity contribution in [3.05, 3.63) is 39.8 Å². The minimum absolute atomic E-state index is 0.537. The molecule has 0 aliphatic carbocycles. The molecule has 1 aromatic carbocycles. The Morgan fingerprint density at radius 3 is 2.95 bits per heavy atom. The van der Waals surface area contributed by atoms with Gasteiger partial charge in [0, 0.05) is 11.0 Å². The highest BCUT2D eigenvalue weighted by Crippen LogP contribution is 2.25. The van der Waals surface area contributed by atoms with Gasteiger partial charge in [-0.15, -0.1) is 0 Å². The fourth-order valence-electron chi connectivity index (χ4n) is 1.73. The van der Waals surface area contributed by atoms with Crippen LogP contribution in [0.1, 0.15) is 19.7 Å². The van der Waals surface area contributed by atoms with Crippen molar-refractivity contribution >= 4 is 33.2 Å². The third-order valence-corrected chi connectivity index (χ3v) is 3.42. The summed E-state index contributed by atoms with van der Waals surface area (Å²) in [5, 5.41) is 8.21. The molecule has 1 aromatic heterocycles. The minimum Gasteiger partial charge on any atom is -0.377 e. The third-order valence-electron chi connectivity index (χ3n) is 2.60. The second-order valence-electron chi connectivity index (χ2n) is 4.73. The van der Waals surface area contributed by atoms with Crippen LogP contribution >= 0.6 is 27.5 Å². The Balaban J connectivity index is 2.06. The molecule has 0 radical (unpaired) electrons. The predicted molar refractivity (Wildman–Crippen MR) is 81.3 cm³/mol. The van der Waals surface area contributed by atoms with E-state index in [2.05, 4.69) is 45.2 Å².